The summed E-state index contributed by atoms with van der Waals surface area (Å²) in [6.45, 7) is 3.14. The first kappa shape index (κ1) is 14.0. The molecule has 1 N–H and O–H groups in total. The minimum absolute atomic E-state index is 0.844. The van der Waals surface area contributed by atoms with E-state index in [9.17, 15) is 0 Å². The fourth-order valence-electron chi connectivity index (χ4n) is 1.49. The average Bonchev–Trinajstić information content (AvgIpc) is 2.38. The minimum Gasteiger partial charge on any atom is -0.497 e. The van der Waals surface area contributed by atoms with Crippen molar-refractivity contribution in [3.05, 3.63) is 18.2 Å². The van der Waals surface area contributed by atoms with Crippen molar-refractivity contribution in [1.82, 2.24) is 0 Å². The third kappa shape index (κ3) is 4.77. The number of anilines is 1. The summed E-state index contributed by atoms with van der Waals surface area (Å²) in [5.74, 6) is 4.07. The number of nitrogens with one attached hydrogen (secondary N) is 1. The molecule has 0 radical (unpaired) electrons. The van der Waals surface area contributed by atoms with Gasteiger partial charge < -0.3 is 14.8 Å². The molecule has 0 fully saturated rings. The van der Waals surface area contributed by atoms with Crippen LogP contribution < -0.4 is 14.8 Å². The number of methoxy groups -OCH3 is 2. The highest BCUT2D eigenvalue weighted by molar-refractivity contribution is 7.99. The maximum Gasteiger partial charge on any atom is 0.142 e. The van der Waals surface area contributed by atoms with Gasteiger partial charge in [0.1, 0.15) is 11.5 Å². The van der Waals surface area contributed by atoms with E-state index < -0.39 is 0 Å². The molecule has 1 aromatic rings. The summed E-state index contributed by atoms with van der Waals surface area (Å²) in [4.78, 5) is 0. The van der Waals surface area contributed by atoms with Crippen LogP contribution in [0, 0.1) is 0 Å². The zero-order valence-electron chi connectivity index (χ0n) is 10.8. The van der Waals surface area contributed by atoms with Crippen molar-refractivity contribution < 1.29 is 9.47 Å². The van der Waals surface area contributed by atoms with Crippen LogP contribution in [0.15, 0.2) is 18.2 Å². The standard InChI is InChI=1S/C13H21NO2S/c1-4-17-9-5-8-14-12-10-11(15-2)6-7-13(12)16-3/h6-7,10,14H,4-5,8-9H2,1-3H3. The third-order valence-electron chi connectivity index (χ3n) is 2.39. The Morgan fingerprint density at radius 3 is 2.71 bits per heavy atom. The summed E-state index contributed by atoms with van der Waals surface area (Å²) in [5, 5.41) is 3.38. The highest BCUT2D eigenvalue weighted by Crippen LogP contribution is 2.28. The van der Waals surface area contributed by atoms with E-state index in [-0.39, 0.29) is 0 Å². The van der Waals surface area contributed by atoms with Crippen molar-refractivity contribution in [3.8, 4) is 11.5 Å². The van der Waals surface area contributed by atoms with Crippen LogP contribution in [-0.2, 0) is 0 Å². The Kier molecular flexibility index (Phi) is 6.70. The van der Waals surface area contributed by atoms with Crippen molar-refractivity contribution >= 4 is 17.4 Å². The Bertz CT molecular complexity index is 331. The molecule has 0 bridgehead atoms. The van der Waals surface area contributed by atoms with Crippen LogP contribution in [0.1, 0.15) is 13.3 Å². The van der Waals surface area contributed by atoms with Crippen LogP contribution in [0.25, 0.3) is 0 Å². The molecular weight excluding hydrogens is 234 g/mol. The van der Waals surface area contributed by atoms with Crippen molar-refractivity contribution in [1.29, 1.82) is 0 Å². The second-order valence-corrected chi connectivity index (χ2v) is 4.94. The van der Waals surface area contributed by atoms with E-state index in [0.717, 1.165) is 30.2 Å². The molecule has 3 nitrogen and oxygen atoms in total. The van der Waals surface area contributed by atoms with Crippen LogP contribution in [0.3, 0.4) is 0 Å². The van der Waals surface area contributed by atoms with Gasteiger partial charge >= 0.3 is 0 Å². The van der Waals surface area contributed by atoms with E-state index in [1.165, 1.54) is 11.5 Å². The molecule has 96 valence electrons. The van der Waals surface area contributed by atoms with Gasteiger partial charge in [-0.05, 0) is 30.1 Å². The average molecular weight is 255 g/mol. The molecule has 0 saturated carbocycles. The predicted molar refractivity (Wildman–Crippen MR) is 75.7 cm³/mol. The first-order valence-corrected chi connectivity index (χ1v) is 7.01. The molecule has 0 spiro atoms. The summed E-state index contributed by atoms with van der Waals surface area (Å²) in [5.41, 5.74) is 0.994. The summed E-state index contributed by atoms with van der Waals surface area (Å²) >= 11 is 1.96. The fraction of sp³-hybridized carbons (Fsp3) is 0.538. The Morgan fingerprint density at radius 2 is 2.06 bits per heavy atom. The van der Waals surface area contributed by atoms with Gasteiger partial charge in [-0.15, -0.1) is 0 Å². The maximum atomic E-state index is 5.30. The van der Waals surface area contributed by atoms with Crippen LogP contribution in [-0.4, -0.2) is 32.3 Å². The Labute approximate surface area is 108 Å². The smallest absolute Gasteiger partial charge is 0.142 e. The highest BCUT2D eigenvalue weighted by atomic mass is 32.2. The molecule has 0 aliphatic heterocycles. The lowest BCUT2D eigenvalue weighted by Gasteiger charge is -2.12. The molecular formula is C13H21NO2S. The summed E-state index contributed by atoms with van der Waals surface area (Å²) in [6, 6.07) is 5.78. The van der Waals surface area contributed by atoms with Crippen LogP contribution in [0.4, 0.5) is 5.69 Å². The molecule has 4 heteroatoms. The molecule has 17 heavy (non-hydrogen) atoms. The van der Waals surface area contributed by atoms with Crippen molar-refractivity contribution in [3.63, 3.8) is 0 Å². The van der Waals surface area contributed by atoms with Gasteiger partial charge in [0.15, 0.2) is 0 Å². The Hall–Kier alpha value is -1.03. The summed E-state index contributed by atoms with van der Waals surface area (Å²) in [7, 11) is 3.35. The number of rotatable bonds is 8. The zero-order chi connectivity index (χ0) is 12.5. The molecule has 0 saturated heterocycles. The number of hydrogen-bond acceptors (Lipinski definition) is 4. The first-order valence-electron chi connectivity index (χ1n) is 5.85. The van der Waals surface area contributed by atoms with Gasteiger partial charge in [-0.25, -0.2) is 0 Å². The van der Waals surface area contributed by atoms with Gasteiger partial charge in [0, 0.05) is 12.6 Å². The molecule has 0 aromatic heterocycles. The van der Waals surface area contributed by atoms with Gasteiger partial charge in [-0.3, -0.25) is 0 Å². The molecule has 0 unspecified atom stereocenters. The quantitative estimate of drug-likeness (QED) is 0.722. The van der Waals surface area contributed by atoms with E-state index in [4.69, 9.17) is 9.47 Å². The maximum absolute atomic E-state index is 5.30. The topological polar surface area (TPSA) is 30.5 Å². The lowest BCUT2D eigenvalue weighted by molar-refractivity contribution is 0.404. The lowest BCUT2D eigenvalue weighted by atomic mass is 10.2. The van der Waals surface area contributed by atoms with Gasteiger partial charge in [0.2, 0.25) is 0 Å². The molecule has 0 amide bonds. The molecule has 1 rings (SSSR count). The van der Waals surface area contributed by atoms with Gasteiger partial charge in [0.25, 0.3) is 0 Å². The van der Waals surface area contributed by atoms with Gasteiger partial charge in [0.05, 0.1) is 19.9 Å². The number of benzene rings is 1. The number of hydrogen-bond donors (Lipinski definition) is 1. The molecule has 0 aliphatic rings. The van der Waals surface area contributed by atoms with Crippen molar-refractivity contribution in [2.75, 3.05) is 37.6 Å². The second kappa shape index (κ2) is 8.12. The summed E-state index contributed by atoms with van der Waals surface area (Å²) < 4.78 is 10.5. The predicted octanol–water partition coefficient (Wildman–Crippen LogP) is 3.26. The number of ether oxygens (including phenoxy) is 2. The zero-order valence-corrected chi connectivity index (χ0v) is 11.6. The lowest BCUT2D eigenvalue weighted by Crippen LogP contribution is -2.04. The Balaban J connectivity index is 2.49. The van der Waals surface area contributed by atoms with E-state index in [1.807, 2.05) is 30.0 Å². The van der Waals surface area contributed by atoms with Gasteiger partial charge in [-0.2, -0.15) is 11.8 Å². The van der Waals surface area contributed by atoms with Crippen molar-refractivity contribution in [2.45, 2.75) is 13.3 Å². The SMILES string of the molecule is CCSCCCNc1cc(OC)ccc1OC. The molecule has 0 heterocycles. The van der Waals surface area contributed by atoms with E-state index in [1.54, 1.807) is 14.2 Å². The largest absolute Gasteiger partial charge is 0.497 e. The Morgan fingerprint density at radius 1 is 1.24 bits per heavy atom. The number of thioether (sulfide) groups is 1. The minimum atomic E-state index is 0.844. The van der Waals surface area contributed by atoms with E-state index >= 15 is 0 Å². The monoisotopic (exact) mass is 255 g/mol. The van der Waals surface area contributed by atoms with E-state index in [2.05, 4.69) is 12.2 Å². The fourth-order valence-corrected chi connectivity index (χ4v) is 2.13. The van der Waals surface area contributed by atoms with Crippen LogP contribution >= 0.6 is 11.8 Å². The highest BCUT2D eigenvalue weighted by Gasteiger charge is 2.03. The van der Waals surface area contributed by atoms with Gasteiger partial charge in [-0.1, -0.05) is 6.92 Å². The van der Waals surface area contributed by atoms with Crippen LogP contribution in [0.5, 0.6) is 11.5 Å². The van der Waals surface area contributed by atoms with Crippen molar-refractivity contribution in [2.24, 2.45) is 0 Å². The molecule has 0 atom stereocenters. The molecule has 0 aliphatic carbocycles. The first-order chi connectivity index (χ1) is 8.31. The normalized spacial score (nSPS) is 10.1. The molecule has 1 aromatic carbocycles. The summed E-state index contributed by atoms with van der Waals surface area (Å²) in [6.07, 6.45) is 1.15. The van der Waals surface area contributed by atoms with E-state index in [0.29, 0.717) is 0 Å². The second-order valence-electron chi connectivity index (χ2n) is 3.54. The van der Waals surface area contributed by atoms with Crippen LogP contribution in [0.2, 0.25) is 0 Å². The third-order valence-corrected chi connectivity index (χ3v) is 3.38.